The van der Waals surface area contributed by atoms with Gasteiger partial charge in [0.15, 0.2) is 0 Å². The molecule has 37 heavy (non-hydrogen) atoms. The van der Waals surface area contributed by atoms with Crippen LogP contribution in [-0.4, -0.2) is 15.3 Å². The zero-order valence-corrected chi connectivity index (χ0v) is 19.6. The van der Waals surface area contributed by atoms with Crippen molar-refractivity contribution in [3.63, 3.8) is 0 Å². The summed E-state index contributed by atoms with van der Waals surface area (Å²) in [5.41, 5.74) is 5.12. The first-order valence-corrected chi connectivity index (χ1v) is 12.2. The van der Waals surface area contributed by atoms with Gasteiger partial charge in [0, 0.05) is 16.7 Å². The number of phenolic OH excluding ortho intramolecular Hbond substituents is 3. The van der Waals surface area contributed by atoms with Crippen molar-refractivity contribution in [3.05, 3.63) is 125 Å². The van der Waals surface area contributed by atoms with Gasteiger partial charge < -0.3 is 20.1 Å². The predicted molar refractivity (Wildman–Crippen MR) is 144 cm³/mol. The molecule has 1 heterocycles. The van der Waals surface area contributed by atoms with Gasteiger partial charge >= 0.3 is 0 Å². The van der Waals surface area contributed by atoms with Crippen LogP contribution < -0.4 is 4.74 Å². The molecule has 6 aromatic rings. The third-order valence-electron chi connectivity index (χ3n) is 7.92. The second kappa shape index (κ2) is 6.83. The first-order valence-electron chi connectivity index (χ1n) is 12.2. The van der Waals surface area contributed by atoms with Crippen molar-refractivity contribution in [3.8, 4) is 39.9 Å². The fourth-order valence-electron chi connectivity index (χ4n) is 6.44. The van der Waals surface area contributed by atoms with Crippen molar-refractivity contribution in [2.45, 2.75) is 5.41 Å². The Bertz CT molecular complexity index is 1860. The fourth-order valence-corrected chi connectivity index (χ4v) is 6.44. The van der Waals surface area contributed by atoms with Gasteiger partial charge in [0.25, 0.3) is 0 Å². The molecule has 0 saturated heterocycles. The first kappa shape index (κ1) is 20.3. The summed E-state index contributed by atoms with van der Waals surface area (Å²) in [6, 6.07) is 32.9. The van der Waals surface area contributed by atoms with Crippen LogP contribution in [0.2, 0.25) is 0 Å². The normalized spacial score (nSPS) is 14.2. The largest absolute Gasteiger partial charge is 0.508 e. The van der Waals surface area contributed by atoms with Crippen molar-refractivity contribution < 1.29 is 20.1 Å². The van der Waals surface area contributed by atoms with Crippen LogP contribution in [0.15, 0.2) is 103 Å². The van der Waals surface area contributed by atoms with Gasteiger partial charge in [-0.25, -0.2) is 0 Å². The van der Waals surface area contributed by atoms with E-state index in [9.17, 15) is 15.3 Å². The fraction of sp³-hybridized carbons (Fsp3) is 0.0303. The molecule has 0 fully saturated rings. The molecular formula is C33H20O4. The van der Waals surface area contributed by atoms with Crippen molar-refractivity contribution in [2.75, 3.05) is 0 Å². The van der Waals surface area contributed by atoms with E-state index in [0.717, 1.165) is 54.9 Å². The lowest BCUT2D eigenvalue weighted by Gasteiger charge is -2.39. The Kier molecular flexibility index (Phi) is 3.74. The van der Waals surface area contributed by atoms with Crippen LogP contribution in [0.4, 0.5) is 0 Å². The first-order chi connectivity index (χ1) is 18.0. The Morgan fingerprint density at radius 3 is 1.73 bits per heavy atom. The van der Waals surface area contributed by atoms with E-state index < -0.39 is 5.41 Å². The van der Waals surface area contributed by atoms with Crippen molar-refractivity contribution in [1.29, 1.82) is 0 Å². The topological polar surface area (TPSA) is 69.9 Å². The minimum atomic E-state index is -0.730. The number of rotatable bonds is 0. The summed E-state index contributed by atoms with van der Waals surface area (Å²) in [4.78, 5) is 0. The molecule has 1 aliphatic heterocycles. The Labute approximate surface area is 212 Å². The molecule has 0 unspecified atom stereocenters. The number of hydrogen-bond acceptors (Lipinski definition) is 4. The van der Waals surface area contributed by atoms with E-state index in [1.807, 2.05) is 42.5 Å². The maximum atomic E-state index is 11.1. The van der Waals surface area contributed by atoms with Crippen molar-refractivity contribution >= 4 is 21.5 Å². The summed E-state index contributed by atoms with van der Waals surface area (Å²) in [7, 11) is 0. The molecule has 4 heteroatoms. The van der Waals surface area contributed by atoms with E-state index in [1.165, 1.54) is 0 Å². The molecule has 6 aromatic carbocycles. The molecule has 176 valence electrons. The monoisotopic (exact) mass is 480 g/mol. The number of hydrogen-bond donors (Lipinski definition) is 3. The van der Waals surface area contributed by atoms with E-state index in [0.29, 0.717) is 11.5 Å². The lowest BCUT2D eigenvalue weighted by atomic mass is 9.65. The van der Waals surface area contributed by atoms with Gasteiger partial charge in [-0.05, 0) is 92.8 Å². The molecule has 4 nitrogen and oxygen atoms in total. The Hall–Kier alpha value is -4.96. The van der Waals surface area contributed by atoms with E-state index >= 15 is 0 Å². The SMILES string of the molecule is Oc1ccc2cc3c(cc2c1)Oc1cc2cc(O)ccc2cc1C31c2ccccc2-c2c(O)cccc21. The van der Waals surface area contributed by atoms with Crippen molar-refractivity contribution in [2.24, 2.45) is 0 Å². The standard InChI is InChI=1S/C33H20O4/c34-22-10-8-18-14-27-30(16-20(18)12-22)37-31-17-21-13-23(35)11-9-19(21)15-28(31)33(27)25-5-2-1-4-24(25)32-26(33)6-3-7-29(32)36/h1-17,34-36H. The number of ether oxygens (including phenoxy) is 1. The van der Waals surface area contributed by atoms with Crippen LogP contribution in [0.5, 0.6) is 28.7 Å². The summed E-state index contributed by atoms with van der Waals surface area (Å²) < 4.78 is 6.59. The molecule has 3 N–H and O–H groups in total. The van der Waals surface area contributed by atoms with Gasteiger partial charge in [-0.3, -0.25) is 0 Å². The Morgan fingerprint density at radius 2 is 1.08 bits per heavy atom. The van der Waals surface area contributed by atoms with Crippen molar-refractivity contribution in [1.82, 2.24) is 0 Å². The smallest absolute Gasteiger partial charge is 0.132 e. The van der Waals surface area contributed by atoms with Gasteiger partial charge in [-0.1, -0.05) is 48.5 Å². The van der Waals surface area contributed by atoms with Crippen LogP contribution in [0, 0.1) is 0 Å². The minimum Gasteiger partial charge on any atom is -0.508 e. The zero-order valence-electron chi connectivity index (χ0n) is 19.6. The summed E-state index contributed by atoms with van der Waals surface area (Å²) in [6.45, 7) is 0. The van der Waals surface area contributed by atoms with Crippen LogP contribution in [0.3, 0.4) is 0 Å². The van der Waals surface area contributed by atoms with E-state index in [2.05, 4.69) is 30.3 Å². The van der Waals surface area contributed by atoms with E-state index in [1.54, 1.807) is 30.3 Å². The molecule has 0 bridgehead atoms. The number of aromatic hydroxyl groups is 3. The predicted octanol–water partition coefficient (Wildman–Crippen LogP) is 7.58. The average Bonchev–Trinajstić information content (AvgIpc) is 3.19. The highest BCUT2D eigenvalue weighted by Crippen LogP contribution is 2.64. The van der Waals surface area contributed by atoms with Gasteiger partial charge in [0.1, 0.15) is 28.7 Å². The molecule has 2 aliphatic rings. The molecule has 0 saturated carbocycles. The zero-order chi connectivity index (χ0) is 24.9. The van der Waals surface area contributed by atoms with Gasteiger partial charge in [0.2, 0.25) is 0 Å². The van der Waals surface area contributed by atoms with Gasteiger partial charge in [-0.15, -0.1) is 0 Å². The van der Waals surface area contributed by atoms with Crippen LogP contribution in [-0.2, 0) is 5.41 Å². The molecule has 0 amide bonds. The molecule has 0 atom stereocenters. The Balaban J connectivity index is 1.59. The van der Waals surface area contributed by atoms with E-state index in [4.69, 9.17) is 4.74 Å². The highest BCUT2D eigenvalue weighted by atomic mass is 16.5. The lowest BCUT2D eigenvalue weighted by molar-refractivity contribution is 0.437. The third kappa shape index (κ3) is 2.51. The summed E-state index contributed by atoms with van der Waals surface area (Å²) >= 11 is 0. The molecule has 8 rings (SSSR count). The second-order valence-corrected chi connectivity index (χ2v) is 9.86. The summed E-state index contributed by atoms with van der Waals surface area (Å²) in [5.74, 6) is 2.02. The van der Waals surface area contributed by atoms with Crippen LogP contribution in [0.25, 0.3) is 32.7 Å². The molecule has 0 aromatic heterocycles. The second-order valence-electron chi connectivity index (χ2n) is 9.86. The lowest BCUT2D eigenvalue weighted by Crippen LogP contribution is -2.32. The molecule has 0 radical (unpaired) electrons. The summed E-state index contributed by atoms with van der Waals surface area (Å²) in [5, 5.41) is 35.1. The number of benzene rings is 6. The number of phenols is 3. The molecule has 1 spiro atoms. The molecule has 1 aliphatic carbocycles. The maximum absolute atomic E-state index is 11.1. The minimum absolute atomic E-state index is 0.196. The highest BCUT2D eigenvalue weighted by molar-refractivity contribution is 5.96. The van der Waals surface area contributed by atoms with Crippen LogP contribution >= 0.6 is 0 Å². The number of fused-ring (bicyclic) bond motifs is 11. The highest BCUT2D eigenvalue weighted by Gasteiger charge is 2.52. The third-order valence-corrected chi connectivity index (χ3v) is 7.92. The average molecular weight is 481 g/mol. The quantitative estimate of drug-likeness (QED) is 0.209. The van der Waals surface area contributed by atoms with Gasteiger partial charge in [0.05, 0.1) is 5.41 Å². The van der Waals surface area contributed by atoms with Gasteiger partial charge in [-0.2, -0.15) is 0 Å². The summed E-state index contributed by atoms with van der Waals surface area (Å²) in [6.07, 6.45) is 0. The molecular weight excluding hydrogens is 460 g/mol. The maximum Gasteiger partial charge on any atom is 0.132 e. The van der Waals surface area contributed by atoms with E-state index in [-0.39, 0.29) is 17.2 Å². The van der Waals surface area contributed by atoms with Crippen LogP contribution in [0.1, 0.15) is 22.3 Å². The Morgan fingerprint density at radius 1 is 0.486 bits per heavy atom.